The highest BCUT2D eigenvalue weighted by atomic mass is 35.5. The van der Waals surface area contributed by atoms with Gasteiger partial charge in [-0.1, -0.05) is 17.7 Å². The number of benzene rings is 1. The Labute approximate surface area is 131 Å². The van der Waals surface area contributed by atoms with Gasteiger partial charge < -0.3 is 9.64 Å². The molecule has 0 unspecified atom stereocenters. The molecule has 0 saturated carbocycles. The summed E-state index contributed by atoms with van der Waals surface area (Å²) in [5, 5.41) is 0.662. The monoisotopic (exact) mass is 304 g/mol. The van der Waals surface area contributed by atoms with Crippen molar-refractivity contribution in [3.05, 3.63) is 47.3 Å². The first-order valence-electron chi connectivity index (χ1n) is 7.22. The minimum atomic E-state index is 0.662. The third-order valence-electron chi connectivity index (χ3n) is 3.45. The highest BCUT2D eigenvalue weighted by Crippen LogP contribution is 2.31. The number of allylic oxidation sites excluding steroid dienone is 1. The number of halogens is 1. The van der Waals surface area contributed by atoms with Crippen molar-refractivity contribution < 1.29 is 4.74 Å². The average molecular weight is 305 g/mol. The molecule has 0 spiro atoms. The van der Waals surface area contributed by atoms with Crippen LogP contribution in [0.25, 0.3) is 5.70 Å². The molecule has 1 aliphatic rings. The van der Waals surface area contributed by atoms with Crippen molar-refractivity contribution in [2.45, 2.75) is 26.7 Å². The van der Waals surface area contributed by atoms with Crippen molar-refractivity contribution in [2.75, 3.05) is 13.1 Å². The summed E-state index contributed by atoms with van der Waals surface area (Å²) < 4.78 is 5.97. The average Bonchev–Trinajstić information content (AvgIpc) is 3.01. The summed E-state index contributed by atoms with van der Waals surface area (Å²) in [4.78, 5) is 6.54. The maximum atomic E-state index is 6.11. The van der Waals surface area contributed by atoms with Crippen LogP contribution < -0.4 is 4.74 Å². The smallest absolute Gasteiger partial charge is 0.188 e. The Morgan fingerprint density at radius 1 is 1.33 bits per heavy atom. The van der Waals surface area contributed by atoms with E-state index in [9.17, 15) is 0 Å². The van der Waals surface area contributed by atoms with E-state index in [4.69, 9.17) is 16.3 Å². The Kier molecular flexibility index (Phi) is 5.45. The zero-order chi connectivity index (χ0) is 15.2. The number of hydrogen-bond acceptors (Lipinski definition) is 3. The van der Waals surface area contributed by atoms with E-state index >= 15 is 0 Å². The third kappa shape index (κ3) is 3.88. The lowest BCUT2D eigenvalue weighted by molar-refractivity contribution is 0.251. The molecule has 1 fully saturated rings. The number of aliphatic imine (C=N–C) groups is 1. The summed E-state index contributed by atoms with van der Waals surface area (Å²) in [7, 11) is 0. The van der Waals surface area contributed by atoms with Crippen LogP contribution in [0.4, 0.5) is 0 Å². The number of nitrogens with zero attached hydrogens (tertiary/aromatic N) is 2. The fourth-order valence-electron chi connectivity index (χ4n) is 2.39. The van der Waals surface area contributed by atoms with Crippen molar-refractivity contribution in [1.29, 1.82) is 0 Å². The molecule has 1 aromatic rings. The summed E-state index contributed by atoms with van der Waals surface area (Å²) in [6.07, 6.45) is 6.08. The lowest BCUT2D eigenvalue weighted by atomic mass is 10.1. The molecule has 1 aromatic carbocycles. The molecule has 0 atom stereocenters. The van der Waals surface area contributed by atoms with Crippen molar-refractivity contribution in [3.8, 4) is 5.75 Å². The van der Waals surface area contributed by atoms with Crippen LogP contribution in [-0.4, -0.2) is 24.2 Å². The first kappa shape index (κ1) is 15.6. The molecule has 0 aliphatic carbocycles. The zero-order valence-corrected chi connectivity index (χ0v) is 13.4. The number of hydrogen-bond donors (Lipinski definition) is 0. The van der Waals surface area contributed by atoms with Crippen LogP contribution >= 0.6 is 11.6 Å². The van der Waals surface area contributed by atoms with Crippen molar-refractivity contribution in [3.63, 3.8) is 0 Å². The van der Waals surface area contributed by atoms with Gasteiger partial charge in [-0.3, -0.25) is 4.99 Å². The Morgan fingerprint density at radius 2 is 2.05 bits per heavy atom. The van der Waals surface area contributed by atoms with Crippen LogP contribution in [-0.2, 0) is 0 Å². The normalized spacial score (nSPS) is 15.8. The molecule has 0 amide bonds. The van der Waals surface area contributed by atoms with Crippen LogP contribution in [0.3, 0.4) is 0 Å². The maximum absolute atomic E-state index is 6.11. The fraction of sp³-hybridized carbons (Fsp3) is 0.353. The predicted octanol–water partition coefficient (Wildman–Crippen LogP) is 4.74. The van der Waals surface area contributed by atoms with Gasteiger partial charge in [0.1, 0.15) is 5.75 Å². The van der Waals surface area contributed by atoms with Crippen LogP contribution in [0.5, 0.6) is 5.75 Å². The van der Waals surface area contributed by atoms with Crippen LogP contribution in [0.15, 0.2) is 41.7 Å². The largest absolute Gasteiger partial charge is 0.441 e. The standard InChI is InChI=1S/C17H21ClN2O/c1-4-16(19-5-2)15-12-14(18)8-9-17(15)21-13(3)20-10-6-7-11-20/h4-5,8-9,12H,3,6-7,10-11H2,1-2H3/b16-4-,19-5-. The molecule has 4 heteroatoms. The Bertz CT molecular complexity index is 572. The molecule has 0 radical (unpaired) electrons. The van der Waals surface area contributed by atoms with Crippen molar-refractivity contribution >= 4 is 23.5 Å². The Balaban J connectivity index is 2.28. The van der Waals surface area contributed by atoms with E-state index in [0.717, 1.165) is 30.1 Å². The van der Waals surface area contributed by atoms with Gasteiger partial charge in [0.15, 0.2) is 5.88 Å². The van der Waals surface area contributed by atoms with E-state index in [2.05, 4.69) is 16.5 Å². The summed E-state index contributed by atoms with van der Waals surface area (Å²) in [5.74, 6) is 1.42. The van der Waals surface area contributed by atoms with E-state index in [1.54, 1.807) is 6.21 Å². The fourth-order valence-corrected chi connectivity index (χ4v) is 2.56. The molecule has 0 bridgehead atoms. The highest BCUT2D eigenvalue weighted by molar-refractivity contribution is 6.30. The van der Waals surface area contributed by atoms with Crippen molar-refractivity contribution in [1.82, 2.24) is 4.90 Å². The van der Waals surface area contributed by atoms with Gasteiger partial charge in [-0.15, -0.1) is 0 Å². The highest BCUT2D eigenvalue weighted by Gasteiger charge is 2.17. The first-order valence-corrected chi connectivity index (χ1v) is 7.60. The Morgan fingerprint density at radius 3 is 2.67 bits per heavy atom. The van der Waals surface area contributed by atoms with Gasteiger partial charge >= 0.3 is 0 Å². The summed E-state index contributed by atoms with van der Waals surface area (Å²) in [6.45, 7) is 9.88. The van der Waals surface area contributed by atoms with Gasteiger partial charge in [-0.25, -0.2) is 0 Å². The SMILES string of the molecule is C=C(Oc1ccc(Cl)cc1C(=C/C)/N=C\C)N1CCCC1. The molecule has 0 aromatic heterocycles. The minimum absolute atomic E-state index is 0.662. The van der Waals surface area contributed by atoms with Gasteiger partial charge in [0.25, 0.3) is 0 Å². The lowest BCUT2D eigenvalue weighted by Gasteiger charge is -2.21. The molecule has 2 rings (SSSR count). The van der Waals surface area contributed by atoms with Gasteiger partial charge in [-0.2, -0.15) is 0 Å². The quantitative estimate of drug-likeness (QED) is 0.580. The predicted molar refractivity (Wildman–Crippen MR) is 89.8 cm³/mol. The van der Waals surface area contributed by atoms with Gasteiger partial charge in [0.05, 0.1) is 5.70 Å². The molecule has 3 nitrogen and oxygen atoms in total. The second-order valence-corrected chi connectivity index (χ2v) is 5.33. The molecule has 21 heavy (non-hydrogen) atoms. The molecular formula is C17H21ClN2O. The topological polar surface area (TPSA) is 24.8 Å². The number of rotatable bonds is 5. The minimum Gasteiger partial charge on any atom is -0.441 e. The van der Waals surface area contributed by atoms with Crippen LogP contribution in [0, 0.1) is 0 Å². The van der Waals surface area contributed by atoms with E-state index in [0.29, 0.717) is 10.9 Å². The van der Waals surface area contributed by atoms with Gasteiger partial charge in [-0.05, 0) is 51.5 Å². The summed E-state index contributed by atoms with van der Waals surface area (Å²) >= 11 is 6.11. The zero-order valence-electron chi connectivity index (χ0n) is 12.6. The van der Waals surface area contributed by atoms with Gasteiger partial charge in [0, 0.05) is 29.9 Å². The van der Waals surface area contributed by atoms with Crippen LogP contribution in [0.2, 0.25) is 5.02 Å². The third-order valence-corrected chi connectivity index (χ3v) is 3.68. The van der Waals surface area contributed by atoms with Crippen LogP contribution in [0.1, 0.15) is 32.3 Å². The molecule has 1 aliphatic heterocycles. The molecule has 1 saturated heterocycles. The number of likely N-dealkylation sites (tertiary alicyclic amines) is 1. The molecular weight excluding hydrogens is 284 g/mol. The van der Waals surface area contributed by atoms with Crippen molar-refractivity contribution in [2.24, 2.45) is 4.99 Å². The molecule has 112 valence electrons. The van der Waals surface area contributed by atoms with E-state index in [1.165, 1.54) is 12.8 Å². The molecule has 0 N–H and O–H groups in total. The lowest BCUT2D eigenvalue weighted by Crippen LogP contribution is -2.21. The summed E-state index contributed by atoms with van der Waals surface area (Å²) in [5.41, 5.74) is 1.72. The van der Waals surface area contributed by atoms with E-state index in [1.807, 2.05) is 38.1 Å². The second-order valence-electron chi connectivity index (χ2n) is 4.89. The van der Waals surface area contributed by atoms with Gasteiger partial charge in [0.2, 0.25) is 0 Å². The molecule has 1 heterocycles. The number of ether oxygens (including phenoxy) is 1. The second kappa shape index (κ2) is 7.32. The maximum Gasteiger partial charge on any atom is 0.188 e. The van der Waals surface area contributed by atoms with E-state index in [-0.39, 0.29) is 0 Å². The van der Waals surface area contributed by atoms with E-state index < -0.39 is 0 Å². The Hall–Kier alpha value is -1.74. The summed E-state index contributed by atoms with van der Waals surface area (Å²) in [6, 6.07) is 5.56. The first-order chi connectivity index (χ1) is 10.2.